The van der Waals surface area contributed by atoms with Gasteiger partial charge in [0.25, 0.3) is 0 Å². The number of ether oxygens (including phenoxy) is 1. The van der Waals surface area contributed by atoms with Gasteiger partial charge in [0.2, 0.25) is 0 Å². The van der Waals surface area contributed by atoms with Gasteiger partial charge in [0.15, 0.2) is 0 Å². The Labute approximate surface area is 111 Å². The summed E-state index contributed by atoms with van der Waals surface area (Å²) in [5, 5.41) is 9.97. The first-order valence-electron chi connectivity index (χ1n) is 5.50. The Morgan fingerprint density at radius 3 is 2.30 bits per heavy atom. The Morgan fingerprint density at radius 1 is 1.10 bits per heavy atom. The van der Waals surface area contributed by atoms with E-state index in [9.17, 15) is 22.7 Å². The van der Waals surface area contributed by atoms with Gasteiger partial charge in [-0.05, 0) is 23.8 Å². The van der Waals surface area contributed by atoms with Crippen LogP contribution in [0, 0.1) is 5.82 Å². The molecule has 106 valence electrons. The molecular formula is C13H9F4NO2. The van der Waals surface area contributed by atoms with E-state index in [1.807, 2.05) is 0 Å². The molecule has 20 heavy (non-hydrogen) atoms. The van der Waals surface area contributed by atoms with E-state index in [2.05, 4.69) is 9.72 Å². The summed E-state index contributed by atoms with van der Waals surface area (Å²) in [6.45, 7) is 0. The summed E-state index contributed by atoms with van der Waals surface area (Å²) >= 11 is 0. The van der Waals surface area contributed by atoms with Crippen LogP contribution < -0.4 is 4.74 Å². The molecule has 0 saturated heterocycles. The van der Waals surface area contributed by atoms with Gasteiger partial charge in [0, 0.05) is 11.8 Å². The van der Waals surface area contributed by atoms with Crippen LogP contribution in [0.15, 0.2) is 42.7 Å². The van der Waals surface area contributed by atoms with Gasteiger partial charge in [0.05, 0.1) is 6.20 Å². The van der Waals surface area contributed by atoms with Gasteiger partial charge in [0.1, 0.15) is 17.7 Å². The number of aliphatic hydroxyl groups excluding tert-OH is 1. The Bertz CT molecular complexity index is 584. The van der Waals surface area contributed by atoms with Crippen LogP contribution >= 0.6 is 0 Å². The minimum atomic E-state index is -4.78. The quantitative estimate of drug-likeness (QED) is 0.881. The second-order valence-corrected chi connectivity index (χ2v) is 3.92. The van der Waals surface area contributed by atoms with E-state index in [4.69, 9.17) is 0 Å². The summed E-state index contributed by atoms with van der Waals surface area (Å²) in [5.41, 5.74) is 0.231. The van der Waals surface area contributed by atoms with Crippen LogP contribution in [0.1, 0.15) is 17.2 Å². The fourth-order valence-corrected chi connectivity index (χ4v) is 1.64. The lowest BCUT2D eigenvalue weighted by molar-refractivity contribution is -0.274. The zero-order valence-electron chi connectivity index (χ0n) is 9.93. The van der Waals surface area contributed by atoms with Crippen LogP contribution in [0.2, 0.25) is 0 Å². The van der Waals surface area contributed by atoms with Crippen LogP contribution in [0.25, 0.3) is 0 Å². The Kier molecular flexibility index (Phi) is 3.89. The van der Waals surface area contributed by atoms with Crippen LogP contribution in [0.5, 0.6) is 5.75 Å². The first kappa shape index (κ1) is 14.3. The molecular weight excluding hydrogens is 278 g/mol. The van der Waals surface area contributed by atoms with E-state index in [1.165, 1.54) is 24.4 Å². The third-order valence-corrected chi connectivity index (χ3v) is 2.53. The average molecular weight is 287 g/mol. The lowest BCUT2D eigenvalue weighted by Crippen LogP contribution is -2.17. The van der Waals surface area contributed by atoms with Gasteiger partial charge < -0.3 is 9.84 Å². The number of hydrogen-bond acceptors (Lipinski definition) is 3. The predicted molar refractivity (Wildman–Crippen MR) is 61.4 cm³/mol. The van der Waals surface area contributed by atoms with E-state index in [0.717, 1.165) is 18.3 Å². The third kappa shape index (κ3) is 3.45. The molecule has 1 N–H and O–H groups in total. The van der Waals surface area contributed by atoms with E-state index >= 15 is 0 Å². The molecule has 1 heterocycles. The third-order valence-electron chi connectivity index (χ3n) is 2.53. The minimum absolute atomic E-state index is 0.00973. The lowest BCUT2D eigenvalue weighted by Gasteiger charge is -2.13. The summed E-state index contributed by atoms with van der Waals surface area (Å²) in [4.78, 5) is 3.54. The predicted octanol–water partition coefficient (Wildman–Crippen LogP) is 3.20. The van der Waals surface area contributed by atoms with E-state index in [0.29, 0.717) is 0 Å². The molecule has 2 rings (SSSR count). The second kappa shape index (κ2) is 5.46. The number of aromatic nitrogens is 1. The standard InChI is InChI=1S/C13H9F4NO2/c14-11-7-18-6-5-10(11)12(19)8-1-3-9(4-2-8)20-13(15,16)17/h1-7,12,19H. The normalized spacial score (nSPS) is 13.1. The molecule has 7 heteroatoms. The molecule has 0 bridgehead atoms. The second-order valence-electron chi connectivity index (χ2n) is 3.92. The number of rotatable bonds is 3. The fraction of sp³-hybridized carbons (Fsp3) is 0.154. The number of aliphatic hydroxyl groups is 1. The Morgan fingerprint density at radius 2 is 1.75 bits per heavy atom. The number of pyridine rings is 1. The van der Waals surface area contributed by atoms with Crippen molar-refractivity contribution < 1.29 is 27.4 Å². The van der Waals surface area contributed by atoms with Gasteiger partial charge in [-0.25, -0.2) is 4.39 Å². The van der Waals surface area contributed by atoms with Gasteiger partial charge in [-0.15, -0.1) is 13.2 Å². The van der Waals surface area contributed by atoms with Crippen molar-refractivity contribution in [2.24, 2.45) is 0 Å². The maximum atomic E-state index is 13.4. The van der Waals surface area contributed by atoms with Crippen LogP contribution in [-0.2, 0) is 0 Å². The molecule has 3 nitrogen and oxygen atoms in total. The molecule has 1 aromatic carbocycles. The summed E-state index contributed by atoms with van der Waals surface area (Å²) in [6, 6.07) is 5.84. The molecule has 1 unspecified atom stereocenters. The van der Waals surface area contributed by atoms with Crippen LogP contribution in [0.3, 0.4) is 0 Å². The largest absolute Gasteiger partial charge is 0.573 e. The van der Waals surface area contributed by atoms with Crippen molar-refractivity contribution in [2.45, 2.75) is 12.5 Å². The molecule has 0 amide bonds. The topological polar surface area (TPSA) is 42.4 Å². The molecule has 0 aliphatic heterocycles. The SMILES string of the molecule is OC(c1ccc(OC(F)(F)F)cc1)c1ccncc1F. The highest BCUT2D eigenvalue weighted by Gasteiger charge is 2.31. The number of hydrogen-bond donors (Lipinski definition) is 1. The minimum Gasteiger partial charge on any atom is -0.406 e. The molecule has 1 atom stereocenters. The maximum absolute atomic E-state index is 13.4. The lowest BCUT2D eigenvalue weighted by atomic mass is 10.0. The number of benzene rings is 1. The van der Waals surface area contributed by atoms with E-state index in [1.54, 1.807) is 0 Å². The zero-order valence-corrected chi connectivity index (χ0v) is 9.93. The highest BCUT2D eigenvalue weighted by molar-refractivity contribution is 5.33. The van der Waals surface area contributed by atoms with Crippen molar-refractivity contribution in [3.63, 3.8) is 0 Å². The summed E-state index contributed by atoms with van der Waals surface area (Å²) < 4.78 is 53.1. The molecule has 0 radical (unpaired) electrons. The molecule has 0 spiro atoms. The van der Waals surface area contributed by atoms with Crippen LogP contribution in [0.4, 0.5) is 17.6 Å². The fourth-order valence-electron chi connectivity index (χ4n) is 1.64. The monoisotopic (exact) mass is 287 g/mol. The summed E-state index contributed by atoms with van der Waals surface area (Å²) in [5.74, 6) is -1.11. The highest BCUT2D eigenvalue weighted by Crippen LogP contribution is 2.27. The molecule has 0 fully saturated rings. The Balaban J connectivity index is 2.20. The summed E-state index contributed by atoms with van der Waals surface area (Å²) in [7, 11) is 0. The number of alkyl halides is 3. The first-order chi connectivity index (χ1) is 9.37. The van der Waals surface area contributed by atoms with Crippen molar-refractivity contribution in [1.29, 1.82) is 0 Å². The highest BCUT2D eigenvalue weighted by atomic mass is 19.4. The zero-order chi connectivity index (χ0) is 14.8. The summed E-state index contributed by atoms with van der Waals surface area (Å²) in [6.07, 6.45) is -3.82. The van der Waals surface area contributed by atoms with Crippen LogP contribution in [-0.4, -0.2) is 16.5 Å². The smallest absolute Gasteiger partial charge is 0.406 e. The van der Waals surface area contributed by atoms with E-state index < -0.39 is 24.0 Å². The molecule has 0 aliphatic rings. The average Bonchev–Trinajstić information content (AvgIpc) is 2.37. The molecule has 2 aromatic rings. The number of halogens is 4. The molecule has 0 saturated carbocycles. The maximum Gasteiger partial charge on any atom is 0.573 e. The molecule has 0 aliphatic carbocycles. The van der Waals surface area contributed by atoms with Crippen molar-refractivity contribution in [1.82, 2.24) is 4.98 Å². The van der Waals surface area contributed by atoms with E-state index in [-0.39, 0.29) is 11.1 Å². The van der Waals surface area contributed by atoms with Crippen molar-refractivity contribution in [3.05, 3.63) is 59.7 Å². The molecule has 1 aromatic heterocycles. The van der Waals surface area contributed by atoms with Gasteiger partial charge in [-0.1, -0.05) is 12.1 Å². The van der Waals surface area contributed by atoms with Gasteiger partial charge >= 0.3 is 6.36 Å². The Hall–Kier alpha value is -2.15. The van der Waals surface area contributed by atoms with Crippen molar-refractivity contribution in [2.75, 3.05) is 0 Å². The number of nitrogens with zero attached hydrogens (tertiary/aromatic N) is 1. The van der Waals surface area contributed by atoms with Crippen molar-refractivity contribution in [3.8, 4) is 5.75 Å². The first-order valence-corrected chi connectivity index (χ1v) is 5.50. The van der Waals surface area contributed by atoms with Gasteiger partial charge in [-0.2, -0.15) is 0 Å². The van der Waals surface area contributed by atoms with Crippen molar-refractivity contribution >= 4 is 0 Å². The van der Waals surface area contributed by atoms with Gasteiger partial charge in [-0.3, -0.25) is 4.98 Å².